The normalized spacial score (nSPS) is 11.5. The predicted octanol–water partition coefficient (Wildman–Crippen LogP) is 2.40. The van der Waals surface area contributed by atoms with E-state index in [1.54, 1.807) is 0 Å². The third kappa shape index (κ3) is 1.20. The van der Waals surface area contributed by atoms with Gasteiger partial charge in [-0.2, -0.15) is 0 Å². The molecule has 0 aliphatic rings. The van der Waals surface area contributed by atoms with E-state index in [1.165, 1.54) is 16.6 Å². The van der Waals surface area contributed by atoms with E-state index in [0.717, 1.165) is 5.52 Å². The molecule has 0 fully saturated rings. The Morgan fingerprint density at radius 3 is 2.64 bits per heavy atom. The minimum absolute atomic E-state index is 0.510. The topological polar surface area (TPSA) is 30.7 Å². The fourth-order valence-corrected chi connectivity index (χ4v) is 1.78. The monoisotopic (exact) mass is 189 g/mol. The molecule has 74 valence electrons. The van der Waals surface area contributed by atoms with Gasteiger partial charge in [-0.25, -0.2) is 4.68 Å². The van der Waals surface area contributed by atoms with Crippen molar-refractivity contribution in [2.45, 2.75) is 26.7 Å². The molecule has 1 aromatic heterocycles. The molecule has 0 radical (unpaired) electrons. The molecule has 2 rings (SSSR count). The van der Waals surface area contributed by atoms with E-state index in [4.69, 9.17) is 0 Å². The first-order chi connectivity index (χ1) is 6.61. The smallest absolute Gasteiger partial charge is 0.116 e. The lowest BCUT2D eigenvalue weighted by atomic mass is 10.00. The third-order valence-corrected chi connectivity index (χ3v) is 2.61. The lowest BCUT2D eigenvalue weighted by Crippen LogP contribution is -1.96. The van der Waals surface area contributed by atoms with Gasteiger partial charge in [0, 0.05) is 7.05 Å². The van der Waals surface area contributed by atoms with Crippen molar-refractivity contribution in [3.05, 3.63) is 23.3 Å². The Labute approximate surface area is 83.7 Å². The Bertz CT molecular complexity index is 469. The molecule has 0 amide bonds. The molecule has 1 heterocycles. The van der Waals surface area contributed by atoms with Crippen molar-refractivity contribution < 1.29 is 0 Å². The van der Waals surface area contributed by atoms with Gasteiger partial charge in [-0.15, -0.1) is 5.10 Å². The minimum Gasteiger partial charge on any atom is -0.247 e. The van der Waals surface area contributed by atoms with Crippen LogP contribution in [0.25, 0.3) is 11.0 Å². The number of aromatic nitrogens is 3. The highest BCUT2D eigenvalue weighted by molar-refractivity contribution is 5.81. The van der Waals surface area contributed by atoms with Gasteiger partial charge in [-0.05, 0) is 24.0 Å². The Hall–Kier alpha value is -1.38. The van der Waals surface area contributed by atoms with Gasteiger partial charge < -0.3 is 0 Å². The van der Waals surface area contributed by atoms with Gasteiger partial charge in [-0.1, -0.05) is 31.2 Å². The molecule has 0 bridgehead atoms. The zero-order chi connectivity index (χ0) is 10.3. The number of aryl methyl sites for hydroxylation is 2. The summed E-state index contributed by atoms with van der Waals surface area (Å²) in [5, 5.41) is 8.24. The van der Waals surface area contributed by atoms with Gasteiger partial charge in [0.15, 0.2) is 0 Å². The van der Waals surface area contributed by atoms with Crippen LogP contribution >= 0.6 is 0 Å². The van der Waals surface area contributed by atoms with Gasteiger partial charge >= 0.3 is 0 Å². The summed E-state index contributed by atoms with van der Waals surface area (Å²) in [6.45, 7) is 6.45. The first-order valence-electron chi connectivity index (χ1n) is 4.90. The molecule has 0 saturated carbocycles. The van der Waals surface area contributed by atoms with Crippen molar-refractivity contribution in [2.75, 3.05) is 0 Å². The number of hydrogen-bond acceptors (Lipinski definition) is 2. The van der Waals surface area contributed by atoms with Crippen LogP contribution in [0.15, 0.2) is 12.1 Å². The van der Waals surface area contributed by atoms with E-state index in [-0.39, 0.29) is 0 Å². The number of benzene rings is 1. The lowest BCUT2D eigenvalue weighted by Gasteiger charge is -2.08. The van der Waals surface area contributed by atoms with Gasteiger partial charge in [0.05, 0.1) is 5.52 Å². The molecular weight excluding hydrogens is 174 g/mol. The van der Waals surface area contributed by atoms with Crippen LogP contribution in [0.3, 0.4) is 0 Å². The molecule has 0 spiro atoms. The van der Waals surface area contributed by atoms with Crippen molar-refractivity contribution in [3.63, 3.8) is 0 Å². The largest absolute Gasteiger partial charge is 0.247 e. The molecule has 3 heteroatoms. The van der Waals surface area contributed by atoms with Crippen LogP contribution in [0.1, 0.15) is 30.9 Å². The van der Waals surface area contributed by atoms with Crippen LogP contribution in [-0.4, -0.2) is 15.0 Å². The Balaban J connectivity index is 2.85. The van der Waals surface area contributed by atoms with Gasteiger partial charge in [-0.3, -0.25) is 0 Å². The fraction of sp³-hybridized carbons (Fsp3) is 0.455. The summed E-state index contributed by atoms with van der Waals surface area (Å²) in [4.78, 5) is 0. The van der Waals surface area contributed by atoms with Crippen LogP contribution in [0.5, 0.6) is 0 Å². The summed E-state index contributed by atoms with van der Waals surface area (Å²) in [5.41, 5.74) is 4.70. The highest BCUT2D eigenvalue weighted by atomic mass is 15.4. The first-order valence-corrected chi connectivity index (χ1v) is 4.90. The van der Waals surface area contributed by atoms with E-state index >= 15 is 0 Å². The van der Waals surface area contributed by atoms with Crippen LogP contribution in [0.4, 0.5) is 0 Å². The second-order valence-electron chi connectivity index (χ2n) is 4.04. The highest BCUT2D eigenvalue weighted by Gasteiger charge is 2.11. The van der Waals surface area contributed by atoms with Crippen LogP contribution in [0.2, 0.25) is 0 Å². The van der Waals surface area contributed by atoms with E-state index in [2.05, 4.69) is 43.2 Å². The fourth-order valence-electron chi connectivity index (χ4n) is 1.78. The minimum atomic E-state index is 0.510. The third-order valence-electron chi connectivity index (χ3n) is 2.61. The molecule has 0 unspecified atom stereocenters. The maximum Gasteiger partial charge on any atom is 0.116 e. The van der Waals surface area contributed by atoms with Gasteiger partial charge in [0.1, 0.15) is 5.52 Å². The van der Waals surface area contributed by atoms with Gasteiger partial charge in [0.25, 0.3) is 0 Å². The van der Waals surface area contributed by atoms with E-state index in [0.29, 0.717) is 5.92 Å². The number of fused-ring (bicyclic) bond motifs is 1. The molecular formula is C11H15N3. The number of nitrogens with zero attached hydrogens (tertiary/aromatic N) is 3. The predicted molar refractivity (Wildman–Crippen MR) is 57.3 cm³/mol. The summed E-state index contributed by atoms with van der Waals surface area (Å²) in [7, 11) is 1.95. The summed E-state index contributed by atoms with van der Waals surface area (Å²) >= 11 is 0. The van der Waals surface area contributed by atoms with Crippen molar-refractivity contribution in [3.8, 4) is 0 Å². The molecule has 0 aliphatic carbocycles. The van der Waals surface area contributed by atoms with Crippen LogP contribution in [-0.2, 0) is 7.05 Å². The molecule has 1 aromatic carbocycles. The molecule has 0 N–H and O–H groups in total. The molecule has 3 nitrogen and oxygen atoms in total. The molecule has 0 atom stereocenters. The molecule has 0 saturated heterocycles. The SMILES string of the molecule is Cc1ccc(C(C)C)c2c1nnn2C. The Kier molecular flexibility index (Phi) is 2.02. The average molecular weight is 189 g/mol. The quantitative estimate of drug-likeness (QED) is 0.689. The van der Waals surface area contributed by atoms with Crippen LogP contribution in [0, 0.1) is 6.92 Å². The highest BCUT2D eigenvalue weighted by Crippen LogP contribution is 2.25. The summed E-state index contributed by atoms with van der Waals surface area (Å²) in [6, 6.07) is 4.29. The van der Waals surface area contributed by atoms with Crippen molar-refractivity contribution in [2.24, 2.45) is 7.05 Å². The second-order valence-corrected chi connectivity index (χ2v) is 4.04. The van der Waals surface area contributed by atoms with E-state index in [9.17, 15) is 0 Å². The lowest BCUT2D eigenvalue weighted by molar-refractivity contribution is 0.729. The summed E-state index contributed by atoms with van der Waals surface area (Å²) in [6.07, 6.45) is 0. The number of hydrogen-bond donors (Lipinski definition) is 0. The maximum atomic E-state index is 4.17. The van der Waals surface area contributed by atoms with Crippen molar-refractivity contribution in [1.29, 1.82) is 0 Å². The van der Waals surface area contributed by atoms with Crippen molar-refractivity contribution >= 4 is 11.0 Å². The molecule has 2 aromatic rings. The Morgan fingerprint density at radius 2 is 2.00 bits per heavy atom. The average Bonchev–Trinajstić information content (AvgIpc) is 2.50. The maximum absolute atomic E-state index is 4.17. The molecule has 14 heavy (non-hydrogen) atoms. The van der Waals surface area contributed by atoms with Crippen molar-refractivity contribution in [1.82, 2.24) is 15.0 Å². The zero-order valence-electron chi connectivity index (χ0n) is 9.07. The Morgan fingerprint density at radius 1 is 1.29 bits per heavy atom. The zero-order valence-corrected chi connectivity index (χ0v) is 9.07. The molecule has 0 aliphatic heterocycles. The summed E-state index contributed by atoms with van der Waals surface area (Å²) in [5.74, 6) is 0.510. The van der Waals surface area contributed by atoms with E-state index < -0.39 is 0 Å². The second kappa shape index (κ2) is 3.08. The first kappa shape index (κ1) is 9.19. The summed E-state index contributed by atoms with van der Waals surface area (Å²) < 4.78 is 1.86. The van der Waals surface area contributed by atoms with Gasteiger partial charge in [0.2, 0.25) is 0 Å². The van der Waals surface area contributed by atoms with Crippen LogP contribution < -0.4 is 0 Å². The number of rotatable bonds is 1. The standard InChI is InChI=1S/C11H15N3/c1-7(2)9-6-5-8(3)10-11(9)14(4)13-12-10/h5-7H,1-4H3. The van der Waals surface area contributed by atoms with E-state index in [1.807, 2.05) is 11.7 Å².